The molecule has 0 aliphatic rings. The second kappa shape index (κ2) is 3.40. The first-order valence-electron chi connectivity index (χ1n) is 3.37. The number of aromatic amines is 1. The van der Waals surface area contributed by atoms with Crippen molar-refractivity contribution in [1.82, 2.24) is 15.0 Å². The number of aromatic nitrogens is 3. The van der Waals surface area contributed by atoms with Crippen LogP contribution in [0.25, 0.3) is 11.0 Å². The van der Waals surface area contributed by atoms with E-state index in [9.17, 15) is 4.79 Å². The van der Waals surface area contributed by atoms with E-state index >= 15 is 0 Å². The number of nitrogens with zero attached hydrogens (tertiary/aromatic N) is 2. The Balaban J connectivity index is 0.000000845. The molecule has 0 aliphatic heterocycles. The number of H-pyrrole nitrogens is 1. The van der Waals surface area contributed by atoms with Crippen molar-refractivity contribution in [3.8, 4) is 0 Å². The van der Waals surface area contributed by atoms with Gasteiger partial charge in [0.2, 0.25) is 11.5 Å². The zero-order valence-corrected chi connectivity index (χ0v) is 7.34. The summed E-state index contributed by atoms with van der Waals surface area (Å²) in [5.74, 6) is 0.203. The van der Waals surface area contributed by atoms with Gasteiger partial charge < -0.3 is 10.7 Å². The molecule has 2 aromatic heterocycles. The molecular formula is C7H7ClN4O. The average molecular weight is 199 g/mol. The maximum absolute atomic E-state index is 10.8. The fourth-order valence-corrected chi connectivity index (χ4v) is 0.962. The van der Waals surface area contributed by atoms with Gasteiger partial charge in [0.15, 0.2) is 0 Å². The molecule has 6 heteroatoms. The fraction of sp³-hybridized carbons (Fsp3) is 0. The van der Waals surface area contributed by atoms with Crippen LogP contribution < -0.4 is 11.3 Å². The molecule has 68 valence electrons. The Kier molecular flexibility index (Phi) is 2.48. The highest BCUT2D eigenvalue weighted by atomic mass is 35.5. The highest BCUT2D eigenvalue weighted by Gasteiger charge is 1.95. The van der Waals surface area contributed by atoms with Crippen LogP contribution in [0.3, 0.4) is 0 Å². The SMILES string of the molecule is Cl.Nc1ncc2[nH]c(=O)ccc2n1. The van der Waals surface area contributed by atoms with E-state index in [1.165, 1.54) is 12.3 Å². The second-order valence-corrected chi connectivity index (χ2v) is 2.35. The first kappa shape index (κ1) is 9.47. The van der Waals surface area contributed by atoms with Crippen molar-refractivity contribution in [3.63, 3.8) is 0 Å². The minimum absolute atomic E-state index is 0. The topological polar surface area (TPSA) is 84.7 Å². The zero-order valence-electron chi connectivity index (χ0n) is 6.52. The number of rotatable bonds is 0. The molecule has 13 heavy (non-hydrogen) atoms. The Labute approximate surface area is 79.4 Å². The minimum Gasteiger partial charge on any atom is -0.368 e. The number of nitrogens with one attached hydrogen (secondary N) is 1. The number of halogens is 1. The Morgan fingerprint density at radius 3 is 2.92 bits per heavy atom. The van der Waals surface area contributed by atoms with Crippen LogP contribution in [-0.2, 0) is 0 Å². The second-order valence-electron chi connectivity index (χ2n) is 2.35. The van der Waals surface area contributed by atoms with Gasteiger partial charge in [-0.3, -0.25) is 4.79 Å². The molecule has 0 saturated carbocycles. The fourth-order valence-electron chi connectivity index (χ4n) is 0.962. The van der Waals surface area contributed by atoms with Crippen LogP contribution >= 0.6 is 12.4 Å². The van der Waals surface area contributed by atoms with E-state index in [2.05, 4.69) is 15.0 Å². The molecule has 0 spiro atoms. The summed E-state index contributed by atoms with van der Waals surface area (Å²) < 4.78 is 0. The summed E-state index contributed by atoms with van der Waals surface area (Å²) >= 11 is 0. The largest absolute Gasteiger partial charge is 0.368 e. The van der Waals surface area contributed by atoms with Crippen LogP contribution in [0.15, 0.2) is 23.1 Å². The van der Waals surface area contributed by atoms with Crippen molar-refractivity contribution in [2.24, 2.45) is 0 Å². The number of anilines is 1. The molecule has 0 unspecified atom stereocenters. The molecule has 0 aromatic carbocycles. The summed E-state index contributed by atoms with van der Waals surface area (Å²) in [6, 6.07) is 3.00. The van der Waals surface area contributed by atoms with Crippen molar-refractivity contribution in [2.75, 3.05) is 5.73 Å². The molecule has 0 radical (unpaired) electrons. The lowest BCUT2D eigenvalue weighted by atomic mass is 10.4. The van der Waals surface area contributed by atoms with Gasteiger partial charge in [0.1, 0.15) is 0 Å². The van der Waals surface area contributed by atoms with Gasteiger partial charge >= 0.3 is 0 Å². The highest BCUT2D eigenvalue weighted by Crippen LogP contribution is 2.04. The van der Waals surface area contributed by atoms with E-state index in [-0.39, 0.29) is 23.9 Å². The van der Waals surface area contributed by atoms with Crippen LogP contribution in [0.2, 0.25) is 0 Å². The van der Waals surface area contributed by atoms with Crippen molar-refractivity contribution in [3.05, 3.63) is 28.7 Å². The maximum Gasteiger partial charge on any atom is 0.248 e. The Morgan fingerprint density at radius 1 is 1.38 bits per heavy atom. The first-order valence-corrected chi connectivity index (χ1v) is 3.37. The first-order chi connectivity index (χ1) is 5.75. The van der Waals surface area contributed by atoms with Gasteiger partial charge in [-0.15, -0.1) is 12.4 Å². The molecule has 0 aliphatic carbocycles. The Hall–Kier alpha value is -1.62. The summed E-state index contributed by atoms with van der Waals surface area (Å²) in [7, 11) is 0. The molecule has 5 nitrogen and oxygen atoms in total. The summed E-state index contributed by atoms with van der Waals surface area (Å²) in [5.41, 5.74) is 6.41. The highest BCUT2D eigenvalue weighted by molar-refractivity contribution is 5.85. The summed E-state index contributed by atoms with van der Waals surface area (Å²) in [4.78, 5) is 21.1. The van der Waals surface area contributed by atoms with Crippen LogP contribution in [0.5, 0.6) is 0 Å². The molecule has 0 amide bonds. The molecule has 0 bridgehead atoms. The predicted octanol–water partition coefficient (Wildman–Crippen LogP) is 0.322. The van der Waals surface area contributed by atoms with Crippen molar-refractivity contribution >= 4 is 29.4 Å². The summed E-state index contributed by atoms with van der Waals surface area (Å²) in [6.45, 7) is 0. The smallest absolute Gasteiger partial charge is 0.248 e. The van der Waals surface area contributed by atoms with Gasteiger partial charge in [0.25, 0.3) is 0 Å². The van der Waals surface area contributed by atoms with Crippen LogP contribution in [0.4, 0.5) is 5.95 Å². The van der Waals surface area contributed by atoms with Gasteiger partial charge in [-0.05, 0) is 6.07 Å². The monoisotopic (exact) mass is 198 g/mol. The quantitative estimate of drug-likeness (QED) is 0.639. The molecule has 3 N–H and O–H groups in total. The van der Waals surface area contributed by atoms with Crippen molar-refractivity contribution < 1.29 is 0 Å². The number of pyridine rings is 1. The van der Waals surface area contributed by atoms with E-state index < -0.39 is 0 Å². The van der Waals surface area contributed by atoms with E-state index in [0.29, 0.717) is 11.0 Å². The Bertz CT molecular complexity index is 481. The van der Waals surface area contributed by atoms with Gasteiger partial charge in [-0.25, -0.2) is 9.97 Å². The number of fused-ring (bicyclic) bond motifs is 1. The summed E-state index contributed by atoms with van der Waals surface area (Å²) in [5, 5.41) is 0. The molecule has 0 fully saturated rings. The standard InChI is InChI=1S/C7H6N4O.ClH/c8-7-9-3-5-4(11-7)1-2-6(12)10-5;/h1-3H,(H,10,12)(H2,8,9,11);1H. The lowest BCUT2D eigenvalue weighted by Gasteiger charge is -1.95. The third-order valence-electron chi connectivity index (χ3n) is 1.49. The number of nitrogen functional groups attached to an aromatic ring is 1. The molecular weight excluding hydrogens is 192 g/mol. The molecule has 2 aromatic rings. The van der Waals surface area contributed by atoms with Crippen LogP contribution in [-0.4, -0.2) is 15.0 Å². The van der Waals surface area contributed by atoms with Gasteiger partial charge in [-0.1, -0.05) is 0 Å². The minimum atomic E-state index is -0.170. The van der Waals surface area contributed by atoms with Crippen molar-refractivity contribution in [1.29, 1.82) is 0 Å². The zero-order chi connectivity index (χ0) is 8.55. The molecule has 2 rings (SSSR count). The van der Waals surface area contributed by atoms with E-state index in [1.54, 1.807) is 6.07 Å². The maximum atomic E-state index is 10.8. The van der Waals surface area contributed by atoms with E-state index in [1.807, 2.05) is 0 Å². The third kappa shape index (κ3) is 1.75. The lowest BCUT2D eigenvalue weighted by Crippen LogP contribution is -2.04. The number of hydrogen-bond acceptors (Lipinski definition) is 4. The van der Waals surface area contributed by atoms with Gasteiger partial charge in [0, 0.05) is 6.07 Å². The predicted molar refractivity (Wildman–Crippen MR) is 51.8 cm³/mol. The van der Waals surface area contributed by atoms with E-state index in [0.717, 1.165) is 0 Å². The molecule has 2 heterocycles. The Morgan fingerprint density at radius 2 is 2.15 bits per heavy atom. The third-order valence-corrected chi connectivity index (χ3v) is 1.49. The van der Waals surface area contributed by atoms with Gasteiger partial charge in [-0.2, -0.15) is 0 Å². The number of hydrogen-bond donors (Lipinski definition) is 2. The molecule has 0 saturated heterocycles. The normalized spacial score (nSPS) is 9.54. The molecule has 0 atom stereocenters. The average Bonchev–Trinajstić information content (AvgIpc) is 2.05. The van der Waals surface area contributed by atoms with Gasteiger partial charge in [0.05, 0.1) is 17.2 Å². The van der Waals surface area contributed by atoms with E-state index in [4.69, 9.17) is 5.73 Å². The van der Waals surface area contributed by atoms with Crippen LogP contribution in [0, 0.1) is 0 Å². The number of nitrogens with two attached hydrogens (primary N) is 1. The summed E-state index contributed by atoms with van der Waals surface area (Å²) in [6.07, 6.45) is 1.49. The van der Waals surface area contributed by atoms with Crippen molar-refractivity contribution in [2.45, 2.75) is 0 Å². The van der Waals surface area contributed by atoms with Crippen LogP contribution in [0.1, 0.15) is 0 Å². The lowest BCUT2D eigenvalue weighted by molar-refractivity contribution is 1.19.